The highest BCUT2D eigenvalue weighted by Crippen LogP contribution is 2.34. The molecule has 0 amide bonds. The van der Waals surface area contributed by atoms with Crippen molar-refractivity contribution in [3.63, 3.8) is 0 Å². The van der Waals surface area contributed by atoms with Gasteiger partial charge in [0, 0.05) is 5.69 Å². The molecule has 0 aliphatic heterocycles. The summed E-state index contributed by atoms with van der Waals surface area (Å²) in [5.74, 6) is 0.402. The minimum absolute atomic E-state index is 0.402. The first-order chi connectivity index (χ1) is 6.75. The standard InChI is InChI=1S/C12H16FN/c13-11-3-1-2-10(8-11)9-4-6-12(14)7-5-9/h4-7,10-11H,1-3,8,14H2. The van der Waals surface area contributed by atoms with E-state index in [1.807, 2.05) is 24.3 Å². The zero-order chi connectivity index (χ0) is 9.97. The van der Waals surface area contributed by atoms with Crippen LogP contribution in [0.3, 0.4) is 0 Å². The normalized spacial score (nSPS) is 27.5. The molecule has 1 aliphatic carbocycles. The van der Waals surface area contributed by atoms with Gasteiger partial charge >= 0.3 is 0 Å². The maximum atomic E-state index is 13.2. The maximum absolute atomic E-state index is 13.2. The summed E-state index contributed by atoms with van der Waals surface area (Å²) in [4.78, 5) is 0. The summed E-state index contributed by atoms with van der Waals surface area (Å²) in [7, 11) is 0. The lowest BCUT2D eigenvalue weighted by Crippen LogP contribution is -2.14. The highest BCUT2D eigenvalue weighted by molar-refractivity contribution is 5.40. The molecule has 76 valence electrons. The van der Waals surface area contributed by atoms with Gasteiger partial charge in [0.2, 0.25) is 0 Å². The first-order valence-electron chi connectivity index (χ1n) is 5.25. The molecule has 1 aromatic carbocycles. The van der Waals surface area contributed by atoms with E-state index in [4.69, 9.17) is 5.73 Å². The van der Waals surface area contributed by atoms with Crippen LogP contribution in [-0.2, 0) is 0 Å². The maximum Gasteiger partial charge on any atom is 0.101 e. The number of alkyl halides is 1. The molecule has 1 fully saturated rings. The lowest BCUT2D eigenvalue weighted by atomic mass is 9.83. The van der Waals surface area contributed by atoms with Gasteiger partial charge in [0.1, 0.15) is 6.17 Å². The Morgan fingerprint density at radius 1 is 1.14 bits per heavy atom. The summed E-state index contributed by atoms with van der Waals surface area (Å²) in [5.41, 5.74) is 7.63. The van der Waals surface area contributed by atoms with Crippen LogP contribution in [-0.4, -0.2) is 6.17 Å². The van der Waals surface area contributed by atoms with Crippen molar-refractivity contribution in [1.82, 2.24) is 0 Å². The van der Waals surface area contributed by atoms with Gasteiger partial charge in [0.05, 0.1) is 0 Å². The molecule has 2 rings (SSSR count). The van der Waals surface area contributed by atoms with Crippen molar-refractivity contribution in [1.29, 1.82) is 0 Å². The second-order valence-electron chi connectivity index (χ2n) is 4.13. The number of rotatable bonds is 1. The highest BCUT2D eigenvalue weighted by atomic mass is 19.1. The van der Waals surface area contributed by atoms with Gasteiger partial charge in [-0.2, -0.15) is 0 Å². The van der Waals surface area contributed by atoms with Crippen molar-refractivity contribution in [2.75, 3.05) is 5.73 Å². The topological polar surface area (TPSA) is 26.0 Å². The van der Waals surface area contributed by atoms with Gasteiger partial charge < -0.3 is 5.73 Å². The van der Waals surface area contributed by atoms with Crippen LogP contribution >= 0.6 is 0 Å². The van der Waals surface area contributed by atoms with Gasteiger partial charge in [-0.25, -0.2) is 4.39 Å². The van der Waals surface area contributed by atoms with Crippen molar-refractivity contribution >= 4 is 5.69 Å². The van der Waals surface area contributed by atoms with Crippen LogP contribution in [0.4, 0.5) is 10.1 Å². The number of halogens is 1. The van der Waals surface area contributed by atoms with Crippen molar-refractivity contribution < 1.29 is 4.39 Å². The average molecular weight is 193 g/mol. The quantitative estimate of drug-likeness (QED) is 0.681. The zero-order valence-electron chi connectivity index (χ0n) is 8.25. The Labute approximate surface area is 84.1 Å². The first-order valence-corrected chi connectivity index (χ1v) is 5.25. The molecular formula is C12H16FN. The molecule has 0 radical (unpaired) electrons. The van der Waals surface area contributed by atoms with Gasteiger partial charge in [-0.15, -0.1) is 0 Å². The van der Waals surface area contributed by atoms with E-state index in [9.17, 15) is 4.39 Å². The monoisotopic (exact) mass is 193 g/mol. The third-order valence-corrected chi connectivity index (χ3v) is 3.02. The van der Waals surface area contributed by atoms with Crippen LogP contribution in [0.15, 0.2) is 24.3 Å². The van der Waals surface area contributed by atoms with Gasteiger partial charge in [-0.05, 0) is 49.3 Å². The molecule has 2 atom stereocenters. The number of hydrogen-bond donors (Lipinski definition) is 1. The van der Waals surface area contributed by atoms with E-state index in [1.54, 1.807) is 0 Å². The molecule has 14 heavy (non-hydrogen) atoms. The van der Waals surface area contributed by atoms with Crippen LogP contribution in [0.25, 0.3) is 0 Å². The molecule has 0 spiro atoms. The smallest absolute Gasteiger partial charge is 0.101 e. The Balaban J connectivity index is 2.10. The minimum Gasteiger partial charge on any atom is -0.399 e. The molecule has 2 unspecified atom stereocenters. The predicted octanol–water partition coefficient (Wildman–Crippen LogP) is 3.26. The molecule has 2 N–H and O–H groups in total. The minimum atomic E-state index is -0.605. The number of nitrogen functional groups attached to an aromatic ring is 1. The number of nitrogens with two attached hydrogens (primary N) is 1. The average Bonchev–Trinajstić information content (AvgIpc) is 2.19. The Morgan fingerprint density at radius 2 is 1.86 bits per heavy atom. The summed E-state index contributed by atoms with van der Waals surface area (Å²) < 4.78 is 13.2. The summed E-state index contributed by atoms with van der Waals surface area (Å²) >= 11 is 0. The van der Waals surface area contributed by atoms with Crippen molar-refractivity contribution in [3.05, 3.63) is 29.8 Å². The third kappa shape index (κ3) is 2.06. The van der Waals surface area contributed by atoms with E-state index in [0.717, 1.165) is 24.9 Å². The van der Waals surface area contributed by atoms with E-state index >= 15 is 0 Å². The lowest BCUT2D eigenvalue weighted by Gasteiger charge is -2.24. The van der Waals surface area contributed by atoms with Crippen LogP contribution in [0.2, 0.25) is 0 Å². The molecule has 0 heterocycles. The van der Waals surface area contributed by atoms with Crippen LogP contribution in [0.1, 0.15) is 37.2 Å². The summed E-state index contributed by atoms with van der Waals surface area (Å²) in [5, 5.41) is 0. The molecular weight excluding hydrogens is 177 g/mol. The Morgan fingerprint density at radius 3 is 2.50 bits per heavy atom. The number of hydrogen-bond acceptors (Lipinski definition) is 1. The van der Waals surface area contributed by atoms with Crippen molar-refractivity contribution in [2.24, 2.45) is 0 Å². The molecule has 1 nitrogen and oxygen atoms in total. The molecule has 2 heteroatoms. The Bertz CT molecular complexity index is 294. The van der Waals surface area contributed by atoms with Gasteiger partial charge in [0.15, 0.2) is 0 Å². The Hall–Kier alpha value is -1.05. The van der Waals surface area contributed by atoms with E-state index in [1.165, 1.54) is 5.56 Å². The fourth-order valence-electron chi connectivity index (χ4n) is 2.20. The fraction of sp³-hybridized carbons (Fsp3) is 0.500. The molecule has 1 aromatic rings. The number of anilines is 1. The second-order valence-corrected chi connectivity index (χ2v) is 4.13. The van der Waals surface area contributed by atoms with E-state index < -0.39 is 6.17 Å². The summed E-state index contributed by atoms with van der Waals surface area (Å²) in [6, 6.07) is 7.85. The summed E-state index contributed by atoms with van der Waals surface area (Å²) in [6.07, 6.45) is 2.95. The van der Waals surface area contributed by atoms with Crippen molar-refractivity contribution in [3.8, 4) is 0 Å². The van der Waals surface area contributed by atoms with Crippen LogP contribution in [0.5, 0.6) is 0 Å². The largest absolute Gasteiger partial charge is 0.399 e. The molecule has 0 bridgehead atoms. The SMILES string of the molecule is Nc1ccc(C2CCCC(F)C2)cc1. The van der Waals surface area contributed by atoms with E-state index in [2.05, 4.69) is 0 Å². The van der Waals surface area contributed by atoms with Gasteiger partial charge in [0.25, 0.3) is 0 Å². The predicted molar refractivity (Wildman–Crippen MR) is 57.0 cm³/mol. The summed E-state index contributed by atoms with van der Waals surface area (Å²) in [6.45, 7) is 0. The zero-order valence-corrected chi connectivity index (χ0v) is 8.25. The number of benzene rings is 1. The molecule has 1 aliphatic rings. The Kier molecular flexibility index (Phi) is 2.71. The first kappa shape index (κ1) is 9.50. The second kappa shape index (κ2) is 3.99. The van der Waals surface area contributed by atoms with Crippen molar-refractivity contribution in [2.45, 2.75) is 37.8 Å². The van der Waals surface area contributed by atoms with Gasteiger partial charge in [-0.1, -0.05) is 12.1 Å². The lowest BCUT2D eigenvalue weighted by molar-refractivity contribution is 0.231. The molecule has 1 saturated carbocycles. The van der Waals surface area contributed by atoms with Crippen LogP contribution in [0, 0.1) is 0 Å². The fourth-order valence-corrected chi connectivity index (χ4v) is 2.20. The van der Waals surface area contributed by atoms with Crippen LogP contribution < -0.4 is 5.73 Å². The van der Waals surface area contributed by atoms with E-state index in [-0.39, 0.29) is 0 Å². The van der Waals surface area contributed by atoms with E-state index in [0.29, 0.717) is 12.3 Å². The third-order valence-electron chi connectivity index (χ3n) is 3.02. The van der Waals surface area contributed by atoms with Gasteiger partial charge in [-0.3, -0.25) is 0 Å². The molecule has 0 saturated heterocycles. The molecule has 0 aromatic heterocycles. The highest BCUT2D eigenvalue weighted by Gasteiger charge is 2.22.